The van der Waals surface area contributed by atoms with Crippen LogP contribution in [0, 0.1) is 0 Å². The fourth-order valence-corrected chi connectivity index (χ4v) is 2.24. The number of nitrogen functional groups attached to an aromatic ring is 1. The Bertz CT molecular complexity index is 612. The first-order chi connectivity index (χ1) is 9.24. The Morgan fingerprint density at radius 3 is 2.79 bits per heavy atom. The van der Waals surface area contributed by atoms with Gasteiger partial charge in [-0.05, 0) is 12.0 Å². The summed E-state index contributed by atoms with van der Waals surface area (Å²) >= 11 is 0. The highest BCUT2D eigenvalue weighted by Crippen LogP contribution is 2.27. The number of nitrogens with two attached hydrogens (primary N) is 1. The van der Waals surface area contributed by atoms with Crippen molar-refractivity contribution in [3.05, 3.63) is 47.7 Å². The van der Waals surface area contributed by atoms with Crippen molar-refractivity contribution in [2.24, 2.45) is 0 Å². The van der Waals surface area contributed by atoms with Crippen LogP contribution in [0.15, 0.2) is 36.5 Å². The predicted octanol–water partition coefficient (Wildman–Crippen LogP) is 1.54. The van der Waals surface area contributed by atoms with Gasteiger partial charge in [0.1, 0.15) is 5.82 Å². The monoisotopic (exact) mass is 254 g/mol. The lowest BCUT2D eigenvalue weighted by Gasteiger charge is -2.28. The highest BCUT2D eigenvalue weighted by Gasteiger charge is 2.26. The van der Waals surface area contributed by atoms with Crippen LogP contribution in [0.25, 0.3) is 0 Å². The molecule has 19 heavy (non-hydrogen) atoms. The van der Waals surface area contributed by atoms with E-state index in [1.165, 1.54) is 0 Å². The van der Waals surface area contributed by atoms with E-state index < -0.39 is 0 Å². The van der Waals surface area contributed by atoms with E-state index in [0.717, 1.165) is 11.1 Å². The topological polar surface area (TPSA) is 72.1 Å². The lowest BCUT2D eigenvalue weighted by atomic mass is 10.1. The zero-order valence-corrected chi connectivity index (χ0v) is 10.4. The molecule has 5 nitrogen and oxygen atoms in total. The summed E-state index contributed by atoms with van der Waals surface area (Å²) in [5.74, 6) is 0.925. The number of hydrogen-bond acceptors (Lipinski definition) is 4. The molecule has 1 aliphatic rings. The summed E-state index contributed by atoms with van der Waals surface area (Å²) < 4.78 is 0. The van der Waals surface area contributed by atoms with Gasteiger partial charge in [0.25, 0.3) is 0 Å². The minimum Gasteiger partial charge on any atom is -0.368 e. The van der Waals surface area contributed by atoms with Crippen molar-refractivity contribution in [1.82, 2.24) is 9.97 Å². The summed E-state index contributed by atoms with van der Waals surface area (Å²) in [5, 5.41) is 0. The maximum absolute atomic E-state index is 12.1. The molecule has 5 heteroatoms. The first kappa shape index (κ1) is 11.6. The Balaban J connectivity index is 1.97. The van der Waals surface area contributed by atoms with Crippen molar-refractivity contribution >= 4 is 17.7 Å². The third kappa shape index (κ3) is 2.27. The van der Waals surface area contributed by atoms with E-state index in [1.54, 1.807) is 11.1 Å². The molecule has 3 rings (SSSR count). The molecule has 96 valence electrons. The van der Waals surface area contributed by atoms with Gasteiger partial charge in [0.05, 0.1) is 6.54 Å². The molecule has 2 heterocycles. The minimum absolute atomic E-state index is 0.0782. The van der Waals surface area contributed by atoms with Gasteiger partial charge in [0.2, 0.25) is 11.9 Å². The summed E-state index contributed by atoms with van der Waals surface area (Å²) in [6, 6.07) is 9.85. The van der Waals surface area contributed by atoms with Gasteiger partial charge in [-0.25, -0.2) is 4.98 Å². The Kier molecular flexibility index (Phi) is 2.87. The number of aromatic nitrogens is 2. The van der Waals surface area contributed by atoms with Gasteiger partial charge in [0.15, 0.2) is 0 Å². The molecule has 2 N–H and O–H groups in total. The van der Waals surface area contributed by atoms with Crippen LogP contribution in [0.3, 0.4) is 0 Å². The highest BCUT2D eigenvalue weighted by atomic mass is 16.2. The van der Waals surface area contributed by atoms with Gasteiger partial charge < -0.3 is 5.73 Å². The molecule has 0 saturated carbocycles. The van der Waals surface area contributed by atoms with Gasteiger partial charge in [-0.1, -0.05) is 30.3 Å². The van der Waals surface area contributed by atoms with E-state index in [9.17, 15) is 4.79 Å². The van der Waals surface area contributed by atoms with E-state index in [0.29, 0.717) is 25.2 Å². The second-order valence-electron chi connectivity index (χ2n) is 4.54. The maximum atomic E-state index is 12.1. The van der Waals surface area contributed by atoms with Crippen molar-refractivity contribution in [2.45, 2.75) is 19.4 Å². The second-order valence-corrected chi connectivity index (χ2v) is 4.54. The molecule has 1 aliphatic heterocycles. The van der Waals surface area contributed by atoms with E-state index in [-0.39, 0.29) is 11.9 Å². The van der Waals surface area contributed by atoms with E-state index in [1.807, 2.05) is 30.3 Å². The fourth-order valence-electron chi connectivity index (χ4n) is 2.24. The molecule has 0 fully saturated rings. The molecule has 0 unspecified atom stereocenters. The van der Waals surface area contributed by atoms with Crippen molar-refractivity contribution < 1.29 is 4.79 Å². The van der Waals surface area contributed by atoms with Crippen LogP contribution < -0.4 is 10.6 Å². The highest BCUT2D eigenvalue weighted by molar-refractivity contribution is 5.95. The quantitative estimate of drug-likeness (QED) is 0.882. The summed E-state index contributed by atoms with van der Waals surface area (Å²) in [6.07, 6.45) is 2.88. The van der Waals surface area contributed by atoms with Crippen LogP contribution in [0.1, 0.15) is 17.5 Å². The zero-order chi connectivity index (χ0) is 13.2. The number of aryl methyl sites for hydroxylation is 1. The molecule has 0 bridgehead atoms. The Hall–Kier alpha value is -2.43. The predicted molar refractivity (Wildman–Crippen MR) is 72.4 cm³/mol. The van der Waals surface area contributed by atoms with Crippen molar-refractivity contribution in [1.29, 1.82) is 0 Å². The third-order valence-electron chi connectivity index (χ3n) is 3.21. The summed E-state index contributed by atoms with van der Waals surface area (Å²) in [5.41, 5.74) is 7.67. The second kappa shape index (κ2) is 4.68. The normalized spacial score (nSPS) is 14.3. The number of fused-ring (bicyclic) bond motifs is 1. The SMILES string of the molecule is Nc1ncc2c(n1)N(Cc1ccccc1)C(=O)CC2. The summed E-state index contributed by atoms with van der Waals surface area (Å²) in [6.45, 7) is 0.517. The molecule has 1 aromatic heterocycles. The zero-order valence-electron chi connectivity index (χ0n) is 10.4. The molecule has 0 saturated heterocycles. The standard InChI is InChI=1S/C14H14N4O/c15-14-16-8-11-6-7-12(19)18(13(11)17-14)9-10-4-2-1-3-5-10/h1-5,8H,6-7,9H2,(H2,15,16,17). The number of amides is 1. The Labute approximate surface area is 111 Å². The number of benzene rings is 1. The van der Waals surface area contributed by atoms with Crippen LogP contribution in [-0.2, 0) is 17.8 Å². The fraction of sp³-hybridized carbons (Fsp3) is 0.214. The van der Waals surface area contributed by atoms with Crippen LogP contribution >= 0.6 is 0 Å². The average molecular weight is 254 g/mol. The molecule has 2 aromatic rings. The van der Waals surface area contributed by atoms with Gasteiger partial charge in [0, 0.05) is 18.2 Å². The molecule has 1 aromatic carbocycles. The lowest BCUT2D eigenvalue weighted by molar-refractivity contribution is -0.119. The van der Waals surface area contributed by atoms with Crippen LogP contribution in [0.4, 0.5) is 11.8 Å². The number of carbonyl (C=O) groups excluding carboxylic acids is 1. The molecule has 0 radical (unpaired) electrons. The maximum Gasteiger partial charge on any atom is 0.228 e. The smallest absolute Gasteiger partial charge is 0.228 e. The number of rotatable bonds is 2. The minimum atomic E-state index is 0.0782. The van der Waals surface area contributed by atoms with Crippen molar-refractivity contribution in [3.63, 3.8) is 0 Å². The van der Waals surface area contributed by atoms with E-state index >= 15 is 0 Å². The molecular formula is C14H14N4O. The Morgan fingerprint density at radius 2 is 2.00 bits per heavy atom. The summed E-state index contributed by atoms with van der Waals surface area (Å²) in [7, 11) is 0. The van der Waals surface area contributed by atoms with E-state index in [2.05, 4.69) is 9.97 Å². The first-order valence-corrected chi connectivity index (χ1v) is 6.20. The molecule has 1 amide bonds. The van der Waals surface area contributed by atoms with Crippen LogP contribution in [-0.4, -0.2) is 15.9 Å². The first-order valence-electron chi connectivity index (χ1n) is 6.20. The Morgan fingerprint density at radius 1 is 1.21 bits per heavy atom. The van der Waals surface area contributed by atoms with Crippen molar-refractivity contribution in [2.75, 3.05) is 10.6 Å². The van der Waals surface area contributed by atoms with Gasteiger partial charge in [-0.2, -0.15) is 4.98 Å². The van der Waals surface area contributed by atoms with Gasteiger partial charge >= 0.3 is 0 Å². The average Bonchev–Trinajstić information content (AvgIpc) is 2.43. The molecule has 0 spiro atoms. The van der Waals surface area contributed by atoms with Crippen LogP contribution in [0.2, 0.25) is 0 Å². The van der Waals surface area contributed by atoms with Crippen molar-refractivity contribution in [3.8, 4) is 0 Å². The number of carbonyl (C=O) groups is 1. The lowest BCUT2D eigenvalue weighted by Crippen LogP contribution is -2.35. The largest absolute Gasteiger partial charge is 0.368 e. The summed E-state index contributed by atoms with van der Waals surface area (Å²) in [4.78, 5) is 22.0. The third-order valence-corrected chi connectivity index (χ3v) is 3.21. The molecule has 0 atom stereocenters. The molecule has 0 aliphatic carbocycles. The number of anilines is 2. The number of nitrogens with zero attached hydrogens (tertiary/aromatic N) is 3. The van der Waals surface area contributed by atoms with E-state index in [4.69, 9.17) is 5.73 Å². The van der Waals surface area contributed by atoms with Crippen LogP contribution in [0.5, 0.6) is 0 Å². The van der Waals surface area contributed by atoms with Gasteiger partial charge in [-0.3, -0.25) is 9.69 Å². The molecular weight excluding hydrogens is 240 g/mol. The van der Waals surface area contributed by atoms with Gasteiger partial charge in [-0.15, -0.1) is 0 Å². The number of hydrogen-bond donors (Lipinski definition) is 1.